The Morgan fingerprint density at radius 1 is 1.50 bits per heavy atom. The van der Waals surface area contributed by atoms with Gasteiger partial charge in [0.2, 0.25) is 11.0 Å². The molecule has 18 heavy (non-hydrogen) atoms. The van der Waals surface area contributed by atoms with E-state index >= 15 is 0 Å². The molecule has 0 atom stereocenters. The van der Waals surface area contributed by atoms with E-state index in [1.807, 2.05) is 25.1 Å². The second kappa shape index (κ2) is 5.93. The Morgan fingerprint density at radius 2 is 2.33 bits per heavy atom. The normalized spacial score (nSPS) is 10.3. The summed E-state index contributed by atoms with van der Waals surface area (Å²) in [5, 5.41) is 11.4. The molecule has 0 bridgehead atoms. The first-order valence-electron chi connectivity index (χ1n) is 5.46. The highest BCUT2D eigenvalue weighted by Crippen LogP contribution is 2.18. The molecule has 0 aliphatic carbocycles. The molecule has 2 aromatic rings. The van der Waals surface area contributed by atoms with Gasteiger partial charge in [-0.2, -0.15) is 0 Å². The number of nitrogens with zero attached hydrogens (tertiary/aromatic N) is 2. The minimum Gasteiger partial charge on any atom is -0.301 e. The highest BCUT2D eigenvalue weighted by atomic mass is 35.5. The van der Waals surface area contributed by atoms with Crippen molar-refractivity contribution in [1.82, 2.24) is 10.2 Å². The van der Waals surface area contributed by atoms with Crippen molar-refractivity contribution in [3.63, 3.8) is 0 Å². The van der Waals surface area contributed by atoms with Crippen molar-refractivity contribution in [2.24, 2.45) is 0 Å². The van der Waals surface area contributed by atoms with E-state index in [0.29, 0.717) is 18.0 Å². The predicted octanol–water partition coefficient (Wildman–Crippen LogP) is 3.07. The number of nitrogens with one attached hydrogen (secondary N) is 1. The number of halogens is 1. The van der Waals surface area contributed by atoms with Gasteiger partial charge in [0.1, 0.15) is 5.51 Å². The van der Waals surface area contributed by atoms with Crippen molar-refractivity contribution in [3.8, 4) is 0 Å². The first-order valence-corrected chi connectivity index (χ1v) is 6.72. The molecule has 0 aliphatic rings. The molecule has 0 spiro atoms. The Morgan fingerprint density at radius 3 is 3.00 bits per heavy atom. The maximum Gasteiger partial charge on any atom is 0.226 e. The monoisotopic (exact) mass is 281 g/mol. The average molecular weight is 282 g/mol. The molecule has 0 aliphatic heterocycles. The summed E-state index contributed by atoms with van der Waals surface area (Å²) in [6.45, 7) is 1.95. The molecule has 2 rings (SSSR count). The Bertz CT molecular complexity index is 542. The zero-order chi connectivity index (χ0) is 13.0. The third-order valence-electron chi connectivity index (χ3n) is 2.48. The van der Waals surface area contributed by atoms with Gasteiger partial charge >= 0.3 is 0 Å². The summed E-state index contributed by atoms with van der Waals surface area (Å²) >= 11 is 7.33. The van der Waals surface area contributed by atoms with Gasteiger partial charge in [0.15, 0.2) is 0 Å². The molecule has 0 saturated heterocycles. The number of anilines is 1. The van der Waals surface area contributed by atoms with Crippen LogP contribution in [0.15, 0.2) is 23.7 Å². The Labute approximate surface area is 114 Å². The van der Waals surface area contributed by atoms with Gasteiger partial charge in [0.25, 0.3) is 0 Å². The van der Waals surface area contributed by atoms with Crippen LogP contribution in [0, 0.1) is 6.92 Å². The summed E-state index contributed by atoms with van der Waals surface area (Å²) in [6, 6.07) is 5.84. The maximum absolute atomic E-state index is 11.6. The van der Waals surface area contributed by atoms with Crippen LogP contribution in [0.25, 0.3) is 0 Å². The predicted molar refractivity (Wildman–Crippen MR) is 73.0 cm³/mol. The van der Waals surface area contributed by atoms with Crippen molar-refractivity contribution in [3.05, 3.63) is 39.9 Å². The molecule has 1 aromatic carbocycles. The summed E-state index contributed by atoms with van der Waals surface area (Å²) < 4.78 is 0. The van der Waals surface area contributed by atoms with Crippen LogP contribution in [0.2, 0.25) is 5.02 Å². The summed E-state index contributed by atoms with van der Waals surface area (Å²) in [5.74, 6) is -0.0663. The number of aryl methyl sites for hydroxylation is 2. The molecule has 6 heteroatoms. The Hall–Kier alpha value is -1.46. The summed E-state index contributed by atoms with van der Waals surface area (Å²) in [5.41, 5.74) is 3.67. The fourth-order valence-corrected chi connectivity index (χ4v) is 2.12. The lowest BCUT2D eigenvalue weighted by Gasteiger charge is -2.04. The first kappa shape index (κ1) is 13.0. The number of aromatic nitrogens is 2. The lowest BCUT2D eigenvalue weighted by molar-refractivity contribution is -0.116. The van der Waals surface area contributed by atoms with Crippen molar-refractivity contribution < 1.29 is 4.79 Å². The minimum absolute atomic E-state index is 0.0663. The highest BCUT2D eigenvalue weighted by molar-refractivity contribution is 7.13. The third-order valence-corrected chi connectivity index (χ3v) is 3.50. The van der Waals surface area contributed by atoms with Gasteiger partial charge in [-0.05, 0) is 30.5 Å². The molecule has 4 nitrogen and oxygen atoms in total. The molecule has 0 saturated carbocycles. The minimum atomic E-state index is -0.0663. The van der Waals surface area contributed by atoms with E-state index in [1.165, 1.54) is 11.3 Å². The van der Waals surface area contributed by atoms with E-state index in [0.717, 1.165) is 16.1 Å². The standard InChI is InChI=1S/C12H12ClN3OS/c1-8-2-3-9(6-10(8)13)4-5-11(17)15-12-16-14-7-18-12/h2-3,6-7H,4-5H2,1H3,(H,15,16,17). The smallest absolute Gasteiger partial charge is 0.226 e. The molecule has 1 amide bonds. The number of amides is 1. The van der Waals surface area contributed by atoms with E-state index in [4.69, 9.17) is 11.6 Å². The van der Waals surface area contributed by atoms with E-state index in [1.54, 1.807) is 5.51 Å². The molecule has 0 unspecified atom stereocenters. The second-order valence-corrected chi connectivity index (χ2v) is 5.12. The number of hydrogen-bond donors (Lipinski definition) is 1. The SMILES string of the molecule is Cc1ccc(CCC(=O)Nc2nncs2)cc1Cl. The number of benzene rings is 1. The van der Waals surface area contributed by atoms with Crippen LogP contribution in [0.5, 0.6) is 0 Å². The van der Waals surface area contributed by atoms with Crippen molar-refractivity contribution >= 4 is 34.0 Å². The number of carbonyl (C=O) groups excluding carboxylic acids is 1. The van der Waals surface area contributed by atoms with Gasteiger partial charge < -0.3 is 5.32 Å². The lowest BCUT2D eigenvalue weighted by atomic mass is 10.1. The highest BCUT2D eigenvalue weighted by Gasteiger charge is 2.06. The molecule has 1 N–H and O–H groups in total. The van der Waals surface area contributed by atoms with Crippen LogP contribution in [-0.2, 0) is 11.2 Å². The van der Waals surface area contributed by atoms with Crippen molar-refractivity contribution in [1.29, 1.82) is 0 Å². The van der Waals surface area contributed by atoms with E-state index in [-0.39, 0.29) is 5.91 Å². The second-order valence-electron chi connectivity index (χ2n) is 3.88. The quantitative estimate of drug-likeness (QED) is 0.937. The van der Waals surface area contributed by atoms with Crippen LogP contribution in [0.1, 0.15) is 17.5 Å². The largest absolute Gasteiger partial charge is 0.301 e. The fraction of sp³-hybridized carbons (Fsp3) is 0.250. The number of hydrogen-bond acceptors (Lipinski definition) is 4. The van der Waals surface area contributed by atoms with E-state index in [9.17, 15) is 4.79 Å². The zero-order valence-corrected chi connectivity index (χ0v) is 11.4. The Kier molecular flexibility index (Phi) is 4.28. The molecule has 94 valence electrons. The van der Waals surface area contributed by atoms with E-state index in [2.05, 4.69) is 15.5 Å². The van der Waals surface area contributed by atoms with Gasteiger partial charge in [0.05, 0.1) is 0 Å². The molecule has 0 radical (unpaired) electrons. The average Bonchev–Trinajstić information content (AvgIpc) is 2.83. The molecular formula is C12H12ClN3OS. The summed E-state index contributed by atoms with van der Waals surface area (Å²) in [4.78, 5) is 11.6. The van der Waals surface area contributed by atoms with Gasteiger partial charge in [0, 0.05) is 11.4 Å². The van der Waals surface area contributed by atoms with Gasteiger partial charge in [-0.25, -0.2) is 0 Å². The van der Waals surface area contributed by atoms with E-state index < -0.39 is 0 Å². The molecule has 1 aromatic heterocycles. The summed E-state index contributed by atoms with van der Waals surface area (Å²) in [6.07, 6.45) is 1.06. The topological polar surface area (TPSA) is 54.9 Å². The molecule has 1 heterocycles. The zero-order valence-electron chi connectivity index (χ0n) is 9.81. The number of rotatable bonds is 4. The van der Waals surface area contributed by atoms with Crippen LogP contribution >= 0.6 is 22.9 Å². The number of carbonyl (C=O) groups is 1. The fourth-order valence-electron chi connectivity index (χ4n) is 1.46. The first-order chi connectivity index (χ1) is 8.65. The van der Waals surface area contributed by atoms with Crippen LogP contribution in [0.4, 0.5) is 5.13 Å². The van der Waals surface area contributed by atoms with Crippen LogP contribution in [0.3, 0.4) is 0 Å². The Balaban J connectivity index is 1.87. The van der Waals surface area contributed by atoms with Crippen LogP contribution in [-0.4, -0.2) is 16.1 Å². The van der Waals surface area contributed by atoms with Crippen molar-refractivity contribution in [2.75, 3.05) is 5.32 Å². The molecule has 0 fully saturated rings. The summed E-state index contributed by atoms with van der Waals surface area (Å²) in [7, 11) is 0. The molecular weight excluding hydrogens is 270 g/mol. The lowest BCUT2D eigenvalue weighted by Crippen LogP contribution is -2.12. The van der Waals surface area contributed by atoms with Gasteiger partial charge in [-0.15, -0.1) is 10.2 Å². The van der Waals surface area contributed by atoms with Gasteiger partial charge in [-0.1, -0.05) is 35.1 Å². The third kappa shape index (κ3) is 3.51. The van der Waals surface area contributed by atoms with Gasteiger partial charge in [-0.3, -0.25) is 4.79 Å². The maximum atomic E-state index is 11.6. The van der Waals surface area contributed by atoms with Crippen molar-refractivity contribution in [2.45, 2.75) is 19.8 Å². The van der Waals surface area contributed by atoms with Crippen LogP contribution < -0.4 is 5.32 Å².